The van der Waals surface area contributed by atoms with Gasteiger partial charge in [-0.15, -0.1) is 0 Å². The number of carbonyl (C=O) groups is 2. The number of carbonyl (C=O) groups excluding carboxylic acids is 2. The van der Waals surface area contributed by atoms with Crippen molar-refractivity contribution in [2.75, 3.05) is 0 Å². The molecule has 120 valence electrons. The van der Waals surface area contributed by atoms with E-state index in [4.69, 9.17) is 9.47 Å². The Hall–Kier alpha value is -2.40. The van der Waals surface area contributed by atoms with E-state index in [-0.39, 0.29) is 23.4 Å². The SMILES string of the molecule is O=C1/C(=C\c2cccc(Br)c2)Oc2cc(OC(=O)C3CC3)ccc21. The number of Topliss-reactive ketones (excluding diaryl/α,β-unsaturated/α-hetero) is 1. The van der Waals surface area contributed by atoms with Crippen molar-refractivity contribution in [2.24, 2.45) is 5.92 Å². The molecule has 0 bridgehead atoms. The summed E-state index contributed by atoms with van der Waals surface area (Å²) >= 11 is 3.40. The Balaban J connectivity index is 1.58. The second-order valence-corrected chi connectivity index (χ2v) is 6.76. The molecule has 0 aromatic heterocycles. The van der Waals surface area contributed by atoms with Gasteiger partial charge in [0.05, 0.1) is 11.5 Å². The molecule has 4 rings (SSSR count). The Bertz CT molecular complexity index is 881. The molecular weight excluding hydrogens is 372 g/mol. The lowest BCUT2D eigenvalue weighted by atomic mass is 10.1. The minimum Gasteiger partial charge on any atom is -0.452 e. The lowest BCUT2D eigenvalue weighted by molar-refractivity contribution is -0.135. The first-order valence-electron chi connectivity index (χ1n) is 7.66. The summed E-state index contributed by atoms with van der Waals surface area (Å²) in [4.78, 5) is 24.2. The van der Waals surface area contributed by atoms with Crippen LogP contribution in [0, 0.1) is 5.92 Å². The van der Waals surface area contributed by atoms with Crippen molar-refractivity contribution in [3.05, 3.63) is 63.8 Å². The van der Waals surface area contributed by atoms with Crippen molar-refractivity contribution in [1.82, 2.24) is 0 Å². The molecule has 5 heteroatoms. The summed E-state index contributed by atoms with van der Waals surface area (Å²) in [5, 5.41) is 0. The van der Waals surface area contributed by atoms with E-state index in [1.165, 1.54) is 0 Å². The minimum atomic E-state index is -0.218. The van der Waals surface area contributed by atoms with Gasteiger partial charge in [0.1, 0.15) is 11.5 Å². The number of rotatable bonds is 3. The van der Waals surface area contributed by atoms with Gasteiger partial charge in [0.15, 0.2) is 5.76 Å². The van der Waals surface area contributed by atoms with Crippen molar-refractivity contribution in [1.29, 1.82) is 0 Å². The van der Waals surface area contributed by atoms with Crippen LogP contribution >= 0.6 is 15.9 Å². The van der Waals surface area contributed by atoms with Crippen LogP contribution in [0.25, 0.3) is 6.08 Å². The number of halogens is 1. The molecule has 2 aromatic rings. The van der Waals surface area contributed by atoms with Crippen LogP contribution in [-0.2, 0) is 4.79 Å². The fourth-order valence-electron chi connectivity index (χ4n) is 2.50. The van der Waals surface area contributed by atoms with Gasteiger partial charge in [-0.05, 0) is 48.7 Å². The molecule has 1 saturated carbocycles. The maximum absolute atomic E-state index is 12.4. The largest absolute Gasteiger partial charge is 0.452 e. The maximum atomic E-state index is 12.4. The molecule has 2 aliphatic rings. The fourth-order valence-corrected chi connectivity index (χ4v) is 2.91. The van der Waals surface area contributed by atoms with E-state index in [1.807, 2.05) is 24.3 Å². The topological polar surface area (TPSA) is 52.6 Å². The van der Waals surface area contributed by atoms with Crippen LogP contribution in [0.3, 0.4) is 0 Å². The van der Waals surface area contributed by atoms with Crippen LogP contribution in [0.15, 0.2) is 52.7 Å². The van der Waals surface area contributed by atoms with Crippen LogP contribution < -0.4 is 9.47 Å². The molecule has 4 nitrogen and oxygen atoms in total. The molecule has 1 aliphatic carbocycles. The molecule has 1 heterocycles. The summed E-state index contributed by atoms with van der Waals surface area (Å²) in [6.45, 7) is 0. The second-order valence-electron chi connectivity index (χ2n) is 5.85. The van der Waals surface area contributed by atoms with Gasteiger partial charge in [-0.3, -0.25) is 9.59 Å². The first-order chi connectivity index (χ1) is 11.6. The zero-order chi connectivity index (χ0) is 16.7. The number of fused-ring (bicyclic) bond motifs is 1. The highest BCUT2D eigenvalue weighted by Crippen LogP contribution is 2.36. The van der Waals surface area contributed by atoms with Gasteiger partial charge in [-0.1, -0.05) is 28.1 Å². The van der Waals surface area contributed by atoms with Crippen LogP contribution in [0.5, 0.6) is 11.5 Å². The summed E-state index contributed by atoms with van der Waals surface area (Å²) in [5.74, 6) is 0.709. The zero-order valence-corrected chi connectivity index (χ0v) is 14.2. The molecular formula is C19H13BrO4. The molecule has 1 aliphatic heterocycles. The van der Waals surface area contributed by atoms with E-state index in [0.29, 0.717) is 17.1 Å². The Morgan fingerprint density at radius 1 is 1.21 bits per heavy atom. The van der Waals surface area contributed by atoms with Gasteiger partial charge in [0.25, 0.3) is 0 Å². The van der Waals surface area contributed by atoms with Crippen LogP contribution in [0.1, 0.15) is 28.8 Å². The van der Waals surface area contributed by atoms with Gasteiger partial charge in [-0.25, -0.2) is 0 Å². The summed E-state index contributed by atoms with van der Waals surface area (Å²) in [6.07, 6.45) is 3.47. The summed E-state index contributed by atoms with van der Waals surface area (Å²) in [5.41, 5.74) is 1.34. The van der Waals surface area contributed by atoms with Gasteiger partial charge in [0.2, 0.25) is 5.78 Å². The molecule has 0 unspecified atom stereocenters. The smallest absolute Gasteiger partial charge is 0.314 e. The Morgan fingerprint density at radius 3 is 2.79 bits per heavy atom. The molecule has 2 aromatic carbocycles. The van der Waals surface area contributed by atoms with E-state index >= 15 is 0 Å². The average Bonchev–Trinajstić information content (AvgIpc) is 3.35. The summed E-state index contributed by atoms with van der Waals surface area (Å²) in [7, 11) is 0. The van der Waals surface area contributed by atoms with Crippen LogP contribution in [-0.4, -0.2) is 11.8 Å². The van der Waals surface area contributed by atoms with Gasteiger partial charge in [0, 0.05) is 10.5 Å². The molecule has 0 spiro atoms. The van der Waals surface area contributed by atoms with E-state index < -0.39 is 0 Å². The molecule has 0 N–H and O–H groups in total. The maximum Gasteiger partial charge on any atom is 0.314 e. The standard InChI is InChI=1S/C19H13BrO4/c20-13-3-1-2-11(8-13)9-17-18(21)15-7-6-14(10-16(15)24-17)23-19(22)12-4-5-12/h1-3,6-10,12H,4-5H2/b17-9+. The third-order valence-electron chi connectivity index (χ3n) is 3.92. The third-order valence-corrected chi connectivity index (χ3v) is 4.41. The first kappa shape index (κ1) is 15.1. The van der Waals surface area contributed by atoms with Crippen LogP contribution in [0.4, 0.5) is 0 Å². The molecule has 0 atom stereocenters. The Kier molecular flexibility index (Phi) is 3.73. The van der Waals surface area contributed by atoms with Gasteiger partial charge < -0.3 is 9.47 Å². The number of hydrogen-bond acceptors (Lipinski definition) is 4. The Morgan fingerprint density at radius 2 is 2.04 bits per heavy atom. The zero-order valence-electron chi connectivity index (χ0n) is 12.6. The molecule has 0 saturated heterocycles. The van der Waals surface area contributed by atoms with E-state index in [0.717, 1.165) is 22.9 Å². The van der Waals surface area contributed by atoms with Crippen molar-refractivity contribution in [2.45, 2.75) is 12.8 Å². The highest BCUT2D eigenvalue weighted by Gasteiger charge is 2.32. The number of ether oxygens (including phenoxy) is 2. The molecule has 0 radical (unpaired) electrons. The third kappa shape index (κ3) is 2.99. The van der Waals surface area contributed by atoms with Crippen molar-refractivity contribution in [3.8, 4) is 11.5 Å². The number of benzene rings is 2. The van der Waals surface area contributed by atoms with E-state index in [9.17, 15) is 9.59 Å². The van der Waals surface area contributed by atoms with Crippen molar-refractivity contribution >= 4 is 33.8 Å². The molecule has 1 fully saturated rings. The summed E-state index contributed by atoms with van der Waals surface area (Å²) in [6, 6.07) is 12.4. The van der Waals surface area contributed by atoms with E-state index in [1.54, 1.807) is 24.3 Å². The van der Waals surface area contributed by atoms with Gasteiger partial charge in [-0.2, -0.15) is 0 Å². The van der Waals surface area contributed by atoms with Gasteiger partial charge >= 0.3 is 5.97 Å². The highest BCUT2D eigenvalue weighted by molar-refractivity contribution is 9.10. The lowest BCUT2D eigenvalue weighted by Gasteiger charge is -2.04. The van der Waals surface area contributed by atoms with Crippen molar-refractivity contribution < 1.29 is 19.1 Å². The number of allylic oxidation sites excluding steroid dienone is 1. The number of esters is 1. The normalized spacial score (nSPS) is 17.5. The monoisotopic (exact) mass is 384 g/mol. The minimum absolute atomic E-state index is 0.0211. The predicted molar refractivity (Wildman–Crippen MR) is 91.9 cm³/mol. The molecule has 0 amide bonds. The van der Waals surface area contributed by atoms with Crippen LogP contribution in [0.2, 0.25) is 0 Å². The second kappa shape index (κ2) is 5.91. The van der Waals surface area contributed by atoms with E-state index in [2.05, 4.69) is 15.9 Å². The quantitative estimate of drug-likeness (QED) is 0.447. The lowest BCUT2D eigenvalue weighted by Crippen LogP contribution is -2.09. The summed E-state index contributed by atoms with van der Waals surface area (Å²) < 4.78 is 11.9. The average molecular weight is 385 g/mol. The fraction of sp³-hybridized carbons (Fsp3) is 0.158. The number of hydrogen-bond donors (Lipinski definition) is 0. The molecule has 24 heavy (non-hydrogen) atoms. The van der Waals surface area contributed by atoms with Crippen molar-refractivity contribution in [3.63, 3.8) is 0 Å². The first-order valence-corrected chi connectivity index (χ1v) is 8.45. The number of ketones is 1. The predicted octanol–water partition coefficient (Wildman–Crippen LogP) is 4.38. The Labute approximate surface area is 147 Å². The highest BCUT2D eigenvalue weighted by atomic mass is 79.9.